The van der Waals surface area contributed by atoms with Crippen LogP contribution in [0.4, 0.5) is 5.69 Å². The second kappa shape index (κ2) is 4.57. The van der Waals surface area contributed by atoms with Gasteiger partial charge in [0.15, 0.2) is 0 Å². The Bertz CT molecular complexity index is 542. The number of amides is 1. The molecule has 18 heavy (non-hydrogen) atoms. The van der Waals surface area contributed by atoms with Crippen LogP contribution in [0.2, 0.25) is 10.0 Å². The summed E-state index contributed by atoms with van der Waals surface area (Å²) < 4.78 is 5.59. The lowest BCUT2D eigenvalue weighted by Crippen LogP contribution is -2.21. The molecule has 0 radical (unpaired) electrons. The van der Waals surface area contributed by atoms with Crippen molar-refractivity contribution < 1.29 is 9.53 Å². The van der Waals surface area contributed by atoms with Gasteiger partial charge in [0.25, 0.3) is 5.91 Å². The Morgan fingerprint density at radius 1 is 1.28 bits per heavy atom. The van der Waals surface area contributed by atoms with Gasteiger partial charge in [0.05, 0.1) is 22.3 Å². The molecule has 2 heterocycles. The topological polar surface area (TPSA) is 38.3 Å². The zero-order valence-corrected chi connectivity index (χ0v) is 11.0. The van der Waals surface area contributed by atoms with Gasteiger partial charge in [-0.15, -0.1) is 0 Å². The lowest BCUT2D eigenvalue weighted by molar-refractivity contribution is -0.113. The minimum absolute atomic E-state index is 0.0437. The summed E-state index contributed by atoms with van der Waals surface area (Å²) in [6.45, 7) is 0. The van der Waals surface area contributed by atoms with Crippen LogP contribution in [-0.2, 0) is 9.53 Å². The molecule has 2 bridgehead atoms. The van der Waals surface area contributed by atoms with E-state index in [0.29, 0.717) is 15.7 Å². The highest BCUT2D eigenvalue weighted by Gasteiger charge is 2.36. The van der Waals surface area contributed by atoms with E-state index in [1.54, 1.807) is 18.2 Å². The number of halogens is 2. The summed E-state index contributed by atoms with van der Waals surface area (Å²) in [5, 5.41) is 3.70. The maximum absolute atomic E-state index is 12.1. The summed E-state index contributed by atoms with van der Waals surface area (Å²) in [6.07, 6.45) is 3.91. The third kappa shape index (κ3) is 2.14. The van der Waals surface area contributed by atoms with Crippen molar-refractivity contribution in [3.05, 3.63) is 39.9 Å². The number of carbonyl (C=O) groups is 1. The first-order valence-corrected chi connectivity index (χ1v) is 6.52. The quantitative estimate of drug-likeness (QED) is 0.903. The molecule has 0 unspecified atom stereocenters. The van der Waals surface area contributed by atoms with Gasteiger partial charge in [0.2, 0.25) is 0 Å². The van der Waals surface area contributed by atoms with Crippen molar-refractivity contribution >= 4 is 34.8 Å². The van der Waals surface area contributed by atoms with Crippen molar-refractivity contribution in [3.8, 4) is 0 Å². The molecule has 0 saturated carbocycles. The molecule has 2 atom stereocenters. The molecule has 5 heteroatoms. The van der Waals surface area contributed by atoms with E-state index < -0.39 is 0 Å². The minimum atomic E-state index is -0.124. The maximum atomic E-state index is 12.1. The SMILES string of the molecule is O=C(Nc1ccc(Cl)c(Cl)c1)C1=C[C@H]2CC[C@H]1O2. The molecule has 1 aromatic rings. The van der Waals surface area contributed by atoms with E-state index in [1.807, 2.05) is 6.08 Å². The second-order valence-corrected chi connectivity index (χ2v) is 5.26. The molecule has 3 nitrogen and oxygen atoms in total. The van der Waals surface area contributed by atoms with E-state index in [0.717, 1.165) is 18.4 Å². The molecule has 0 aromatic heterocycles. The van der Waals surface area contributed by atoms with Gasteiger partial charge >= 0.3 is 0 Å². The number of hydrogen-bond acceptors (Lipinski definition) is 2. The van der Waals surface area contributed by atoms with Crippen LogP contribution in [0.5, 0.6) is 0 Å². The fraction of sp³-hybridized carbons (Fsp3) is 0.308. The highest BCUT2D eigenvalue weighted by atomic mass is 35.5. The first kappa shape index (κ1) is 12.0. The van der Waals surface area contributed by atoms with Crippen LogP contribution in [0.3, 0.4) is 0 Å². The van der Waals surface area contributed by atoms with E-state index in [2.05, 4.69) is 5.32 Å². The largest absolute Gasteiger partial charge is 0.366 e. The minimum Gasteiger partial charge on any atom is -0.366 e. The fourth-order valence-electron chi connectivity index (χ4n) is 2.32. The fourth-order valence-corrected chi connectivity index (χ4v) is 2.62. The molecule has 0 spiro atoms. The Morgan fingerprint density at radius 3 is 2.72 bits per heavy atom. The van der Waals surface area contributed by atoms with Crippen molar-refractivity contribution in [1.29, 1.82) is 0 Å². The first-order chi connectivity index (χ1) is 8.63. The number of carbonyl (C=O) groups excluding carboxylic acids is 1. The second-order valence-electron chi connectivity index (χ2n) is 4.45. The smallest absolute Gasteiger partial charge is 0.253 e. The molecule has 1 aromatic carbocycles. The Balaban J connectivity index is 1.75. The summed E-state index contributed by atoms with van der Waals surface area (Å²) in [7, 11) is 0. The van der Waals surface area contributed by atoms with Crippen molar-refractivity contribution in [2.24, 2.45) is 0 Å². The molecule has 1 amide bonds. The number of ether oxygens (including phenoxy) is 1. The monoisotopic (exact) mass is 283 g/mol. The summed E-state index contributed by atoms with van der Waals surface area (Å²) >= 11 is 11.7. The molecule has 0 aliphatic carbocycles. The molecule has 2 aliphatic heterocycles. The summed E-state index contributed by atoms with van der Waals surface area (Å²) in [5.74, 6) is -0.124. The Labute approximate surface area is 115 Å². The summed E-state index contributed by atoms with van der Waals surface area (Å²) in [4.78, 5) is 12.1. The van der Waals surface area contributed by atoms with Crippen LogP contribution in [0, 0.1) is 0 Å². The predicted octanol–water partition coefficient (Wildman–Crippen LogP) is 3.42. The first-order valence-electron chi connectivity index (χ1n) is 5.77. The lowest BCUT2D eigenvalue weighted by Gasteiger charge is -2.11. The molecule has 94 valence electrons. The molecular formula is C13H11Cl2NO2. The van der Waals surface area contributed by atoms with Gasteiger partial charge in [-0.3, -0.25) is 4.79 Å². The molecule has 2 aliphatic rings. The highest BCUT2D eigenvalue weighted by Crippen LogP contribution is 2.34. The normalized spacial score (nSPS) is 25.1. The van der Waals surface area contributed by atoms with Crippen LogP contribution in [0.25, 0.3) is 0 Å². The zero-order chi connectivity index (χ0) is 12.7. The average molecular weight is 284 g/mol. The predicted molar refractivity (Wildman–Crippen MR) is 71.1 cm³/mol. The van der Waals surface area contributed by atoms with Gasteiger partial charge in [-0.25, -0.2) is 0 Å². The van der Waals surface area contributed by atoms with E-state index in [9.17, 15) is 4.79 Å². The van der Waals surface area contributed by atoms with E-state index in [4.69, 9.17) is 27.9 Å². The number of rotatable bonds is 2. The Hall–Kier alpha value is -1.03. The number of nitrogens with one attached hydrogen (secondary N) is 1. The van der Waals surface area contributed by atoms with Gasteiger partial charge in [-0.2, -0.15) is 0 Å². The van der Waals surface area contributed by atoms with Gasteiger partial charge in [0.1, 0.15) is 0 Å². The number of fused-ring (bicyclic) bond motifs is 2. The van der Waals surface area contributed by atoms with Crippen LogP contribution in [0.15, 0.2) is 29.8 Å². The van der Waals surface area contributed by atoms with Crippen LogP contribution in [0.1, 0.15) is 12.8 Å². The third-order valence-corrected chi connectivity index (χ3v) is 3.94. The van der Waals surface area contributed by atoms with Gasteiger partial charge in [-0.05, 0) is 37.1 Å². The van der Waals surface area contributed by atoms with Crippen molar-refractivity contribution in [2.75, 3.05) is 5.32 Å². The van der Waals surface area contributed by atoms with Crippen LogP contribution in [-0.4, -0.2) is 18.1 Å². The van der Waals surface area contributed by atoms with Crippen LogP contribution >= 0.6 is 23.2 Å². The standard InChI is InChI=1S/C13H11Cl2NO2/c14-10-3-1-7(5-11(10)15)16-13(17)9-6-8-2-4-12(9)18-8/h1,3,5-6,8,12H,2,4H2,(H,16,17)/t8-,12-/m1/s1. The zero-order valence-electron chi connectivity index (χ0n) is 9.45. The molecule has 1 fully saturated rings. The Morgan fingerprint density at radius 2 is 2.11 bits per heavy atom. The number of benzene rings is 1. The van der Waals surface area contributed by atoms with Crippen molar-refractivity contribution in [3.63, 3.8) is 0 Å². The lowest BCUT2D eigenvalue weighted by atomic mass is 9.99. The van der Waals surface area contributed by atoms with Crippen LogP contribution < -0.4 is 5.32 Å². The third-order valence-electron chi connectivity index (χ3n) is 3.20. The van der Waals surface area contributed by atoms with E-state index in [1.165, 1.54) is 0 Å². The van der Waals surface area contributed by atoms with Gasteiger partial charge in [0, 0.05) is 11.3 Å². The van der Waals surface area contributed by atoms with Gasteiger partial charge in [-0.1, -0.05) is 23.2 Å². The Kier molecular flexibility index (Phi) is 3.06. The highest BCUT2D eigenvalue weighted by molar-refractivity contribution is 6.42. The molecular weight excluding hydrogens is 273 g/mol. The number of anilines is 1. The van der Waals surface area contributed by atoms with Crippen molar-refractivity contribution in [1.82, 2.24) is 0 Å². The molecule has 1 saturated heterocycles. The molecule has 3 rings (SSSR count). The summed E-state index contributed by atoms with van der Waals surface area (Å²) in [5.41, 5.74) is 1.36. The molecule has 1 N–H and O–H groups in total. The maximum Gasteiger partial charge on any atom is 0.253 e. The van der Waals surface area contributed by atoms with Crippen molar-refractivity contribution in [2.45, 2.75) is 25.0 Å². The average Bonchev–Trinajstić information content (AvgIpc) is 2.96. The van der Waals surface area contributed by atoms with Gasteiger partial charge < -0.3 is 10.1 Å². The van der Waals surface area contributed by atoms with E-state index >= 15 is 0 Å². The summed E-state index contributed by atoms with van der Waals surface area (Å²) in [6, 6.07) is 5.02. The van der Waals surface area contributed by atoms with E-state index in [-0.39, 0.29) is 18.1 Å². The number of hydrogen-bond donors (Lipinski definition) is 1.